The summed E-state index contributed by atoms with van der Waals surface area (Å²) in [6, 6.07) is 19.7. The second kappa shape index (κ2) is 15.9. The molecule has 0 aliphatic carbocycles. The number of ether oxygens (including phenoxy) is 1. The van der Waals surface area contributed by atoms with Gasteiger partial charge in [-0.3, -0.25) is 19.3 Å². The van der Waals surface area contributed by atoms with Crippen molar-refractivity contribution in [1.82, 2.24) is 9.80 Å². The van der Waals surface area contributed by atoms with Crippen LogP contribution in [0.2, 0.25) is 0 Å². The zero-order chi connectivity index (χ0) is 28.9. The Bertz CT molecular complexity index is 1170. The van der Waals surface area contributed by atoms with E-state index in [4.69, 9.17) is 4.74 Å². The van der Waals surface area contributed by atoms with E-state index in [9.17, 15) is 19.6 Å². The Balaban J connectivity index is 1.47. The predicted octanol–water partition coefficient (Wildman–Crippen LogP) is 3.98. The second-order valence-corrected chi connectivity index (χ2v) is 11.1. The monoisotopic (exact) mass is 565 g/mol. The zero-order valence-corrected chi connectivity index (χ0v) is 24.3. The van der Waals surface area contributed by atoms with Gasteiger partial charge in [-0.05, 0) is 63.9 Å². The molecule has 1 aliphatic heterocycles. The third kappa shape index (κ3) is 9.28. The summed E-state index contributed by atoms with van der Waals surface area (Å²) in [5.74, 6) is -1.38. The maximum atomic E-state index is 13.0. The van der Waals surface area contributed by atoms with E-state index in [2.05, 4.69) is 22.8 Å². The highest BCUT2D eigenvalue weighted by atomic mass is 32.2. The number of thioether (sulfide) groups is 1. The van der Waals surface area contributed by atoms with E-state index in [1.54, 1.807) is 18.7 Å². The zero-order valence-electron chi connectivity index (χ0n) is 23.5. The number of amides is 2. The summed E-state index contributed by atoms with van der Waals surface area (Å²) < 4.78 is 4.99. The highest BCUT2D eigenvalue weighted by molar-refractivity contribution is 8.01. The van der Waals surface area contributed by atoms with Crippen LogP contribution >= 0.6 is 11.8 Å². The van der Waals surface area contributed by atoms with Gasteiger partial charge in [0, 0.05) is 31.0 Å². The Morgan fingerprint density at radius 3 is 2.60 bits per heavy atom. The van der Waals surface area contributed by atoms with Gasteiger partial charge in [0.05, 0.1) is 24.6 Å². The van der Waals surface area contributed by atoms with Crippen LogP contribution in [0.25, 0.3) is 0 Å². The van der Waals surface area contributed by atoms with Gasteiger partial charge in [-0.1, -0.05) is 36.4 Å². The number of rotatable bonds is 15. The van der Waals surface area contributed by atoms with Crippen molar-refractivity contribution < 1.29 is 19.1 Å². The molecule has 2 amide bonds. The molecule has 1 aliphatic rings. The van der Waals surface area contributed by atoms with Gasteiger partial charge >= 0.3 is 5.97 Å². The van der Waals surface area contributed by atoms with Crippen LogP contribution in [-0.4, -0.2) is 78.0 Å². The molecule has 1 heterocycles. The lowest BCUT2D eigenvalue weighted by molar-refractivity contribution is -0.146. The van der Waals surface area contributed by atoms with Crippen molar-refractivity contribution in [2.24, 2.45) is 5.92 Å². The minimum absolute atomic E-state index is 0.0395. The molecule has 0 radical (unpaired) electrons. The molecule has 9 nitrogen and oxygen atoms in total. The predicted molar refractivity (Wildman–Crippen MR) is 159 cm³/mol. The van der Waals surface area contributed by atoms with Gasteiger partial charge in [-0.2, -0.15) is 5.26 Å². The molecule has 2 N–H and O–H groups in total. The quantitative estimate of drug-likeness (QED) is 0.312. The molecular formula is C30H39N5O4S. The van der Waals surface area contributed by atoms with Crippen LogP contribution < -0.4 is 10.6 Å². The molecule has 1 saturated heterocycles. The van der Waals surface area contributed by atoms with Gasteiger partial charge in [0.2, 0.25) is 11.8 Å². The van der Waals surface area contributed by atoms with E-state index < -0.39 is 11.9 Å². The van der Waals surface area contributed by atoms with Crippen molar-refractivity contribution in [3.63, 3.8) is 0 Å². The van der Waals surface area contributed by atoms with Gasteiger partial charge in [-0.25, -0.2) is 0 Å². The fraction of sp³-hybridized carbons (Fsp3) is 0.467. The van der Waals surface area contributed by atoms with Crippen molar-refractivity contribution in [1.29, 1.82) is 5.26 Å². The first-order valence-electron chi connectivity index (χ1n) is 13.7. The molecule has 3 rings (SSSR count). The summed E-state index contributed by atoms with van der Waals surface area (Å²) in [4.78, 5) is 41.4. The van der Waals surface area contributed by atoms with Crippen LogP contribution in [0.3, 0.4) is 0 Å². The Morgan fingerprint density at radius 2 is 1.90 bits per heavy atom. The molecule has 0 saturated carbocycles. The maximum Gasteiger partial charge on any atom is 0.323 e. The molecule has 0 aromatic heterocycles. The van der Waals surface area contributed by atoms with E-state index in [0.29, 0.717) is 31.6 Å². The minimum atomic E-state index is -0.826. The maximum absolute atomic E-state index is 13.0. The highest BCUT2D eigenvalue weighted by Crippen LogP contribution is 2.35. The molecule has 3 atom stereocenters. The number of nitrogens with one attached hydrogen (secondary N) is 2. The van der Waals surface area contributed by atoms with Gasteiger partial charge in [0.15, 0.2) is 0 Å². The Morgan fingerprint density at radius 1 is 1.15 bits per heavy atom. The molecule has 214 valence electrons. The number of carbonyl (C=O) groups excluding carboxylic acids is 3. The van der Waals surface area contributed by atoms with E-state index in [1.165, 1.54) is 5.56 Å². The molecule has 2 aromatic carbocycles. The van der Waals surface area contributed by atoms with Crippen LogP contribution in [0.1, 0.15) is 32.3 Å². The lowest BCUT2D eigenvalue weighted by Gasteiger charge is -2.22. The molecular weight excluding hydrogens is 526 g/mol. The number of likely N-dealkylation sites (N-methyl/N-ethyl adjacent to an activating group) is 1. The Kier molecular flexibility index (Phi) is 12.3. The highest BCUT2D eigenvalue weighted by Gasteiger charge is 2.39. The third-order valence-corrected chi connectivity index (χ3v) is 8.18. The van der Waals surface area contributed by atoms with Crippen molar-refractivity contribution in [2.75, 3.05) is 50.5 Å². The van der Waals surface area contributed by atoms with Crippen molar-refractivity contribution >= 4 is 40.9 Å². The van der Waals surface area contributed by atoms with Gasteiger partial charge in [0.1, 0.15) is 11.2 Å². The smallest absolute Gasteiger partial charge is 0.323 e. The summed E-state index contributed by atoms with van der Waals surface area (Å²) >= 11 is 1.55. The van der Waals surface area contributed by atoms with Crippen LogP contribution in [0.15, 0.2) is 54.6 Å². The second-order valence-electron chi connectivity index (χ2n) is 9.70. The summed E-state index contributed by atoms with van der Waals surface area (Å²) in [5.41, 5.74) is 2.73. The average Bonchev–Trinajstić information content (AvgIpc) is 3.25. The summed E-state index contributed by atoms with van der Waals surface area (Å²) in [6.45, 7) is 5.93. The van der Waals surface area contributed by atoms with Crippen molar-refractivity contribution in [3.05, 3.63) is 60.2 Å². The number of hydrogen-bond acceptors (Lipinski definition) is 8. The van der Waals surface area contributed by atoms with Gasteiger partial charge < -0.3 is 20.3 Å². The summed E-state index contributed by atoms with van der Waals surface area (Å²) in [5, 5.41) is 15.2. The summed E-state index contributed by atoms with van der Waals surface area (Å²) in [7, 11) is 1.93. The largest absolute Gasteiger partial charge is 0.465 e. The fourth-order valence-electron chi connectivity index (χ4n) is 4.56. The number of anilines is 2. The average molecular weight is 566 g/mol. The van der Waals surface area contributed by atoms with Gasteiger partial charge in [-0.15, -0.1) is 11.8 Å². The molecule has 2 unspecified atom stereocenters. The SMILES string of the molecule is CCOC(=O)[C@@H](C#N)CCC1SC(CNc2cccc(NC(=O)CN(C)CCc3ccccc3)c2)C(=O)N1CC. The van der Waals surface area contributed by atoms with Crippen LogP contribution in [0.5, 0.6) is 0 Å². The minimum Gasteiger partial charge on any atom is -0.465 e. The van der Waals surface area contributed by atoms with E-state index in [1.807, 2.05) is 72.3 Å². The van der Waals surface area contributed by atoms with Crippen molar-refractivity contribution in [3.8, 4) is 6.07 Å². The first-order chi connectivity index (χ1) is 19.3. The van der Waals surface area contributed by atoms with E-state index >= 15 is 0 Å². The first-order valence-corrected chi connectivity index (χ1v) is 14.7. The molecule has 1 fully saturated rings. The van der Waals surface area contributed by atoms with E-state index in [0.717, 1.165) is 18.7 Å². The van der Waals surface area contributed by atoms with Crippen LogP contribution in [-0.2, 0) is 25.5 Å². The topological polar surface area (TPSA) is 115 Å². The number of benzene rings is 2. The molecule has 40 heavy (non-hydrogen) atoms. The molecule has 0 bridgehead atoms. The molecule has 2 aromatic rings. The normalized spacial score (nSPS) is 17.4. The number of hydrogen-bond donors (Lipinski definition) is 2. The Labute approximate surface area is 241 Å². The number of nitriles is 1. The lowest BCUT2D eigenvalue weighted by Crippen LogP contribution is -2.36. The molecule has 10 heteroatoms. The van der Waals surface area contributed by atoms with Gasteiger partial charge in [0.25, 0.3) is 0 Å². The number of carbonyl (C=O) groups is 3. The van der Waals surface area contributed by atoms with Crippen LogP contribution in [0.4, 0.5) is 11.4 Å². The fourth-order valence-corrected chi connectivity index (χ4v) is 6.04. The standard InChI is InChI=1S/C30H39N5O4S/c1-4-35-28(15-14-23(19-31)30(38)39-5-2)40-26(29(35)37)20-32-24-12-9-13-25(18-24)33-27(36)21-34(3)17-16-22-10-7-6-8-11-22/h6-13,18,23,26,28,32H,4-5,14-17,20-21H2,1-3H3,(H,33,36)/t23-,26?,28?/m1/s1. The van der Waals surface area contributed by atoms with E-state index in [-0.39, 0.29) is 35.6 Å². The lowest BCUT2D eigenvalue weighted by atomic mass is 10.1. The Hall–Kier alpha value is -3.55. The van der Waals surface area contributed by atoms with Crippen molar-refractivity contribution in [2.45, 2.75) is 43.7 Å². The van der Waals surface area contributed by atoms with Crippen LogP contribution in [0, 0.1) is 17.2 Å². The number of esters is 1. The molecule has 0 spiro atoms. The first kappa shape index (κ1) is 31.0. The summed E-state index contributed by atoms with van der Waals surface area (Å²) in [6.07, 6.45) is 1.77. The third-order valence-electron chi connectivity index (χ3n) is 6.67. The number of nitrogens with zero attached hydrogens (tertiary/aromatic N) is 3.